The van der Waals surface area contributed by atoms with Gasteiger partial charge in [0.05, 0.1) is 24.3 Å². The van der Waals surface area contributed by atoms with Crippen LogP contribution in [-0.4, -0.2) is 30.9 Å². The predicted molar refractivity (Wildman–Crippen MR) is 162 cm³/mol. The van der Waals surface area contributed by atoms with E-state index in [1.807, 2.05) is 18.2 Å². The highest BCUT2D eigenvalue weighted by Gasteiger charge is 2.08. The first kappa shape index (κ1) is 30.0. The molecule has 0 aliphatic heterocycles. The Kier molecular flexibility index (Phi) is 11.1. The minimum Gasteiger partial charge on any atom is -0.462 e. The fourth-order valence-electron chi connectivity index (χ4n) is 3.37. The molecule has 9 heteroatoms. The minimum absolute atomic E-state index is 0.0579. The monoisotopic (exact) mass is 552 g/mol. The van der Waals surface area contributed by atoms with Gasteiger partial charge in [-0.25, -0.2) is 9.59 Å². The summed E-state index contributed by atoms with van der Waals surface area (Å²) in [5.74, 6) is -0.929. The molecule has 0 saturated carbocycles. The summed E-state index contributed by atoms with van der Waals surface area (Å²) in [4.78, 5) is 35.3. The molecule has 0 heterocycles. The van der Waals surface area contributed by atoms with Crippen LogP contribution in [0.2, 0.25) is 0 Å². The standard InChI is InChI=1S/C17H18N2O4.C15H14N2O/c18-14-6-2-12(3-7-14)16(20)22-10-1-11-23-17(21)13-4-8-15(19)9-5-13;16-13-7-5-12(6-8-13)15(18)9-4-11-2-1-3-14(17)10-11/h2-9H,1,10-11,18-19H2;1-10H,16-17H2. The number of carbonyl (C=O) groups is 3. The first-order valence-corrected chi connectivity index (χ1v) is 12.7. The average Bonchev–Trinajstić information content (AvgIpc) is 2.97. The first-order valence-electron chi connectivity index (χ1n) is 12.7. The van der Waals surface area contributed by atoms with Crippen molar-refractivity contribution >= 4 is 46.5 Å². The number of hydrogen-bond acceptors (Lipinski definition) is 9. The van der Waals surface area contributed by atoms with E-state index in [0.29, 0.717) is 45.9 Å². The van der Waals surface area contributed by atoms with Gasteiger partial charge in [-0.3, -0.25) is 4.79 Å². The zero-order chi connectivity index (χ0) is 29.6. The van der Waals surface area contributed by atoms with Crippen LogP contribution in [-0.2, 0) is 9.47 Å². The zero-order valence-electron chi connectivity index (χ0n) is 22.4. The van der Waals surface area contributed by atoms with Gasteiger partial charge in [0.25, 0.3) is 0 Å². The molecule has 4 rings (SSSR count). The van der Waals surface area contributed by atoms with Crippen LogP contribution in [0.25, 0.3) is 6.08 Å². The number of nitrogens with two attached hydrogens (primary N) is 4. The molecule has 0 spiro atoms. The maximum Gasteiger partial charge on any atom is 0.338 e. The Balaban J connectivity index is 0.000000232. The summed E-state index contributed by atoms with van der Waals surface area (Å²) in [6.07, 6.45) is 3.69. The minimum atomic E-state index is -0.435. The number of ketones is 1. The van der Waals surface area contributed by atoms with Crippen molar-refractivity contribution in [2.24, 2.45) is 0 Å². The molecule has 0 amide bonds. The number of benzene rings is 4. The molecule has 0 aromatic heterocycles. The van der Waals surface area contributed by atoms with E-state index in [0.717, 1.165) is 5.56 Å². The van der Waals surface area contributed by atoms with E-state index in [9.17, 15) is 14.4 Å². The maximum absolute atomic E-state index is 11.9. The molecule has 8 N–H and O–H groups in total. The highest BCUT2D eigenvalue weighted by molar-refractivity contribution is 6.07. The van der Waals surface area contributed by atoms with Gasteiger partial charge >= 0.3 is 11.9 Å². The molecule has 4 aromatic carbocycles. The second-order valence-electron chi connectivity index (χ2n) is 8.86. The number of carbonyl (C=O) groups excluding carboxylic acids is 3. The SMILES string of the molecule is Nc1ccc(C(=O)C=Cc2cccc(N)c2)cc1.Nc1ccc(C(=O)OCCCOC(=O)c2ccc(N)cc2)cc1. The van der Waals surface area contributed by atoms with Crippen molar-refractivity contribution in [3.8, 4) is 0 Å². The summed E-state index contributed by atoms with van der Waals surface area (Å²) in [6, 6.07) is 27.1. The molecule has 4 aromatic rings. The van der Waals surface area contributed by atoms with Crippen molar-refractivity contribution in [1.29, 1.82) is 0 Å². The predicted octanol–water partition coefficient (Wildman–Crippen LogP) is 5.00. The smallest absolute Gasteiger partial charge is 0.338 e. The van der Waals surface area contributed by atoms with Gasteiger partial charge in [-0.15, -0.1) is 0 Å². The lowest BCUT2D eigenvalue weighted by Crippen LogP contribution is -2.11. The van der Waals surface area contributed by atoms with Crippen molar-refractivity contribution in [2.45, 2.75) is 6.42 Å². The Morgan fingerprint density at radius 3 is 1.44 bits per heavy atom. The summed E-state index contributed by atoms with van der Waals surface area (Å²) in [5, 5.41) is 0. The quantitative estimate of drug-likeness (QED) is 0.0732. The Bertz CT molecular complexity index is 1420. The summed E-state index contributed by atoms with van der Waals surface area (Å²) in [6.45, 7) is 0.330. The van der Waals surface area contributed by atoms with Gasteiger partial charge in [-0.1, -0.05) is 18.2 Å². The number of hydrogen-bond donors (Lipinski definition) is 4. The van der Waals surface area contributed by atoms with E-state index < -0.39 is 11.9 Å². The van der Waals surface area contributed by atoms with Crippen LogP contribution in [0, 0.1) is 0 Å². The summed E-state index contributed by atoms with van der Waals surface area (Å²) in [7, 11) is 0. The normalized spacial score (nSPS) is 10.3. The van der Waals surface area contributed by atoms with E-state index in [4.69, 9.17) is 32.4 Å². The van der Waals surface area contributed by atoms with E-state index >= 15 is 0 Å². The third-order valence-corrected chi connectivity index (χ3v) is 5.58. The lowest BCUT2D eigenvalue weighted by molar-refractivity contribution is 0.0395. The molecule has 41 heavy (non-hydrogen) atoms. The van der Waals surface area contributed by atoms with Crippen LogP contribution in [0.5, 0.6) is 0 Å². The van der Waals surface area contributed by atoms with E-state index in [1.165, 1.54) is 6.08 Å². The van der Waals surface area contributed by atoms with Crippen molar-refractivity contribution in [3.63, 3.8) is 0 Å². The third kappa shape index (κ3) is 10.3. The number of nitrogen functional groups attached to an aromatic ring is 4. The van der Waals surface area contributed by atoms with Crippen LogP contribution in [0.1, 0.15) is 43.1 Å². The molecule has 0 saturated heterocycles. The Morgan fingerprint density at radius 1 is 0.561 bits per heavy atom. The number of allylic oxidation sites excluding steroid dienone is 1. The van der Waals surface area contributed by atoms with Crippen LogP contribution >= 0.6 is 0 Å². The zero-order valence-corrected chi connectivity index (χ0v) is 22.4. The first-order chi connectivity index (χ1) is 19.7. The van der Waals surface area contributed by atoms with E-state index in [-0.39, 0.29) is 19.0 Å². The van der Waals surface area contributed by atoms with Gasteiger partial charge < -0.3 is 32.4 Å². The molecule has 0 bridgehead atoms. The van der Waals surface area contributed by atoms with Crippen molar-refractivity contribution in [2.75, 3.05) is 36.1 Å². The highest BCUT2D eigenvalue weighted by atomic mass is 16.5. The lowest BCUT2D eigenvalue weighted by atomic mass is 10.1. The molecular weight excluding hydrogens is 520 g/mol. The molecule has 0 atom stereocenters. The van der Waals surface area contributed by atoms with Gasteiger partial charge in [0.2, 0.25) is 0 Å². The Morgan fingerprint density at radius 2 is 1.00 bits per heavy atom. The third-order valence-electron chi connectivity index (χ3n) is 5.58. The molecule has 0 aliphatic carbocycles. The Hall–Kier alpha value is -5.57. The molecule has 0 fully saturated rings. The molecule has 9 nitrogen and oxygen atoms in total. The van der Waals surface area contributed by atoms with Gasteiger partial charge in [-0.05, 0) is 96.6 Å². The molecule has 210 valence electrons. The molecule has 0 aliphatic rings. The average molecular weight is 553 g/mol. The van der Waals surface area contributed by atoms with Gasteiger partial charge in [0, 0.05) is 34.7 Å². The van der Waals surface area contributed by atoms with Gasteiger partial charge in [0.1, 0.15) is 0 Å². The van der Waals surface area contributed by atoms with Gasteiger partial charge in [0.15, 0.2) is 5.78 Å². The highest BCUT2D eigenvalue weighted by Crippen LogP contribution is 2.11. The summed E-state index contributed by atoms with van der Waals surface area (Å²) >= 11 is 0. The number of esters is 2. The van der Waals surface area contributed by atoms with Crippen LogP contribution in [0.4, 0.5) is 22.7 Å². The lowest BCUT2D eigenvalue weighted by Gasteiger charge is -2.07. The van der Waals surface area contributed by atoms with Crippen molar-refractivity contribution in [1.82, 2.24) is 0 Å². The molecular formula is C32H32N4O5. The second kappa shape index (κ2) is 15.1. The van der Waals surface area contributed by atoms with E-state index in [2.05, 4.69) is 0 Å². The second-order valence-corrected chi connectivity index (χ2v) is 8.86. The topological polar surface area (TPSA) is 174 Å². The summed E-state index contributed by atoms with van der Waals surface area (Å²) in [5.41, 5.74) is 27.2. The Labute approximate surface area is 238 Å². The molecule has 0 radical (unpaired) electrons. The fraction of sp³-hybridized carbons (Fsp3) is 0.0938. The number of ether oxygens (including phenoxy) is 2. The van der Waals surface area contributed by atoms with Crippen molar-refractivity contribution in [3.05, 3.63) is 125 Å². The fourth-order valence-corrected chi connectivity index (χ4v) is 3.37. The number of anilines is 4. The van der Waals surface area contributed by atoms with E-state index in [1.54, 1.807) is 84.9 Å². The van der Waals surface area contributed by atoms with Crippen LogP contribution in [0.15, 0.2) is 103 Å². The molecule has 0 unspecified atom stereocenters. The summed E-state index contributed by atoms with van der Waals surface area (Å²) < 4.78 is 10.2. The van der Waals surface area contributed by atoms with Crippen LogP contribution < -0.4 is 22.9 Å². The largest absolute Gasteiger partial charge is 0.462 e. The van der Waals surface area contributed by atoms with Crippen LogP contribution in [0.3, 0.4) is 0 Å². The number of rotatable bonds is 9. The maximum atomic E-state index is 11.9. The van der Waals surface area contributed by atoms with Gasteiger partial charge in [-0.2, -0.15) is 0 Å². The van der Waals surface area contributed by atoms with Crippen molar-refractivity contribution < 1.29 is 23.9 Å².